The van der Waals surface area contributed by atoms with E-state index in [1.165, 1.54) is 92.9 Å². The molecule has 0 spiro atoms. The van der Waals surface area contributed by atoms with E-state index in [9.17, 15) is 5.53 Å². The maximum atomic E-state index is 10.00. The number of hydrogen-bond donors (Lipinski definition) is 0. The van der Waals surface area contributed by atoms with Crippen molar-refractivity contribution in [2.45, 2.75) is 209 Å². The number of unbranched alkanes of at least 4 members (excludes halogenated alkanes) is 8. The summed E-state index contributed by atoms with van der Waals surface area (Å²) in [5, 5.41) is 0. The van der Waals surface area contributed by atoms with E-state index >= 15 is 0 Å². The molecule has 0 aliphatic heterocycles. The van der Waals surface area contributed by atoms with E-state index in [2.05, 4.69) is 90.3 Å². The second kappa shape index (κ2) is 26.2. The minimum atomic E-state index is 0.891. The van der Waals surface area contributed by atoms with Gasteiger partial charge in [0.15, 0.2) is 0 Å². The molecule has 0 atom stereocenters. The Morgan fingerprint density at radius 3 is 1.28 bits per heavy atom. The molecule has 0 aliphatic carbocycles. The van der Waals surface area contributed by atoms with Gasteiger partial charge >= 0.3 is 5.87 Å². The first-order chi connectivity index (χ1) is 24.5. The van der Waals surface area contributed by atoms with Crippen molar-refractivity contribution >= 4 is 11.4 Å². The van der Waals surface area contributed by atoms with Gasteiger partial charge in [-0.3, -0.25) is 0 Å². The molecule has 2 nitrogen and oxygen atoms in total. The Bertz CT molecular complexity index is 1320. The first-order valence-corrected chi connectivity index (χ1v) is 21.5. The Hall–Kier alpha value is -2.66. The summed E-state index contributed by atoms with van der Waals surface area (Å²) in [7, 11) is 0. The van der Waals surface area contributed by atoms with Crippen LogP contribution in [0.2, 0.25) is 0 Å². The molecule has 0 fully saturated rings. The molecule has 0 radical (unpaired) electrons. The van der Waals surface area contributed by atoms with E-state index in [4.69, 9.17) is 0 Å². The number of allylic oxidation sites excluding steroid dienone is 2. The van der Waals surface area contributed by atoms with Crippen LogP contribution < -0.4 is 0 Å². The van der Waals surface area contributed by atoms with Crippen molar-refractivity contribution < 1.29 is 4.79 Å². The van der Waals surface area contributed by atoms with Crippen molar-refractivity contribution in [2.24, 2.45) is 0 Å². The fraction of sp³-hybridized carbons (Fsp3) is 0.667. The number of rotatable bonds is 27. The van der Waals surface area contributed by atoms with Crippen LogP contribution in [-0.2, 0) is 38.5 Å². The summed E-state index contributed by atoms with van der Waals surface area (Å²) in [6.45, 7) is 18.5. The summed E-state index contributed by atoms with van der Waals surface area (Å²) in [5.74, 6) is 3.16. The van der Waals surface area contributed by atoms with Crippen LogP contribution in [0.5, 0.6) is 0 Å². The molecule has 0 aromatic heterocycles. The predicted octanol–water partition coefficient (Wildman–Crippen LogP) is 14.8. The third-order valence-corrected chi connectivity index (χ3v) is 10.5. The van der Waals surface area contributed by atoms with Gasteiger partial charge in [-0.1, -0.05) is 150 Å². The molecular formula is C48H76N2. The van der Waals surface area contributed by atoms with Crippen LogP contribution in [0.4, 0.5) is 0 Å². The van der Waals surface area contributed by atoms with Gasteiger partial charge in [0.25, 0.3) is 0 Å². The molecule has 50 heavy (non-hydrogen) atoms. The summed E-state index contributed by atoms with van der Waals surface area (Å²) in [4.78, 5) is 3.59. The lowest BCUT2D eigenvalue weighted by atomic mass is 9.80. The highest BCUT2D eigenvalue weighted by Crippen LogP contribution is 2.39. The molecule has 2 aromatic carbocycles. The lowest BCUT2D eigenvalue weighted by Gasteiger charge is -2.24. The largest absolute Gasteiger partial charge is 0.348 e. The zero-order valence-corrected chi connectivity index (χ0v) is 34.2. The molecule has 0 heterocycles. The van der Waals surface area contributed by atoms with Crippen LogP contribution in [0.25, 0.3) is 11.1 Å². The molecule has 0 amide bonds. The smallest absolute Gasteiger partial charge is 0.303 e. The maximum Gasteiger partial charge on any atom is 0.303 e. The quantitative estimate of drug-likeness (QED) is 0.0296. The lowest BCUT2D eigenvalue weighted by molar-refractivity contribution is 0.00739. The zero-order chi connectivity index (χ0) is 36.6. The minimum absolute atomic E-state index is 0.891. The lowest BCUT2D eigenvalue weighted by Crippen LogP contribution is -2.08. The van der Waals surface area contributed by atoms with Crippen LogP contribution in [-0.4, -0.2) is 10.7 Å². The van der Waals surface area contributed by atoms with Gasteiger partial charge in [-0.05, 0) is 139 Å². The van der Waals surface area contributed by atoms with Crippen molar-refractivity contribution in [3.05, 3.63) is 85.5 Å². The molecule has 2 heteroatoms. The number of hydrogen-bond acceptors (Lipinski definition) is 0. The highest BCUT2D eigenvalue weighted by Gasteiger charge is 2.23. The molecule has 0 bridgehead atoms. The van der Waals surface area contributed by atoms with Gasteiger partial charge in [-0.2, -0.15) is 0 Å². The van der Waals surface area contributed by atoms with E-state index in [0.29, 0.717) is 0 Å². The average Bonchev–Trinajstić information content (AvgIpc) is 3.11. The van der Waals surface area contributed by atoms with Crippen LogP contribution in [0.1, 0.15) is 215 Å². The standard InChI is InChI=1S/C48H76N2/c1-9-17-22-29-40-35-44(36-41(30-23-18-10-2)46(40)32-24-19-11-3)48(47(31-21-13-5)42(37-50-49)28-20-12-4)43-33-38(25-14-6)45(27-16-8)39(34-43)26-15-7/h33-36H,9-32H2,1-8H3. The molecule has 0 N–H and O–H groups in total. The van der Waals surface area contributed by atoms with Crippen LogP contribution in [0.3, 0.4) is 0 Å². The predicted molar refractivity (Wildman–Crippen MR) is 222 cm³/mol. The maximum absolute atomic E-state index is 10.00. The van der Waals surface area contributed by atoms with Gasteiger partial charge in [-0.25, -0.2) is 0 Å². The fourth-order valence-corrected chi connectivity index (χ4v) is 7.87. The highest BCUT2D eigenvalue weighted by molar-refractivity contribution is 5.88. The number of nitrogens with zero attached hydrogens (tertiary/aromatic N) is 2. The molecular weight excluding hydrogens is 605 g/mol. The summed E-state index contributed by atoms with van der Waals surface area (Å²) in [6, 6.07) is 10.4. The van der Waals surface area contributed by atoms with Crippen LogP contribution in [0, 0.1) is 0 Å². The van der Waals surface area contributed by atoms with E-state index in [0.717, 1.165) is 89.0 Å². The molecule has 0 aliphatic rings. The van der Waals surface area contributed by atoms with Crippen molar-refractivity contribution in [1.82, 2.24) is 0 Å². The third-order valence-electron chi connectivity index (χ3n) is 10.5. The second-order valence-electron chi connectivity index (χ2n) is 14.9. The minimum Gasteiger partial charge on any atom is -0.348 e. The van der Waals surface area contributed by atoms with Gasteiger partial charge in [0.2, 0.25) is 0 Å². The Labute approximate surface area is 310 Å². The molecule has 278 valence electrons. The topological polar surface area (TPSA) is 36.4 Å². The normalized spacial score (nSPS) is 11.8. The first kappa shape index (κ1) is 43.5. The summed E-state index contributed by atoms with van der Waals surface area (Å²) in [5.41, 5.74) is 26.1. The van der Waals surface area contributed by atoms with Gasteiger partial charge < -0.3 is 5.53 Å². The molecule has 2 aromatic rings. The SMILES string of the molecule is CCCCCc1cc(C(=C(CCCC)C(=C=[N+]=[N-])CCCC)c2cc(CCC)c(CCC)c(CCC)c2)cc(CCCCC)c1CCCCC. The average molecular weight is 681 g/mol. The highest BCUT2D eigenvalue weighted by atomic mass is 14.8. The third kappa shape index (κ3) is 13.8. The first-order valence-electron chi connectivity index (χ1n) is 21.5. The Kier molecular flexibility index (Phi) is 22.8. The van der Waals surface area contributed by atoms with Crippen molar-refractivity contribution in [1.29, 1.82) is 0 Å². The molecule has 0 saturated heterocycles. The fourth-order valence-electron chi connectivity index (χ4n) is 7.87. The Balaban J connectivity index is 3.21. The van der Waals surface area contributed by atoms with Crippen molar-refractivity contribution in [3.63, 3.8) is 0 Å². The van der Waals surface area contributed by atoms with Gasteiger partial charge in [-0.15, -0.1) is 4.79 Å². The summed E-state index contributed by atoms with van der Waals surface area (Å²) < 4.78 is 0. The molecule has 0 saturated carbocycles. The van der Waals surface area contributed by atoms with E-state index < -0.39 is 0 Å². The van der Waals surface area contributed by atoms with Gasteiger partial charge in [0.05, 0.1) is 5.57 Å². The van der Waals surface area contributed by atoms with Gasteiger partial charge in [0.1, 0.15) is 0 Å². The summed E-state index contributed by atoms with van der Waals surface area (Å²) in [6.07, 6.45) is 28.1. The van der Waals surface area contributed by atoms with E-state index in [-0.39, 0.29) is 0 Å². The van der Waals surface area contributed by atoms with E-state index in [1.807, 2.05) is 0 Å². The van der Waals surface area contributed by atoms with Crippen LogP contribution in [0.15, 0.2) is 35.4 Å². The van der Waals surface area contributed by atoms with E-state index in [1.54, 1.807) is 33.4 Å². The number of benzene rings is 2. The van der Waals surface area contributed by atoms with Gasteiger partial charge in [0, 0.05) is 0 Å². The molecule has 2 rings (SSSR count). The monoisotopic (exact) mass is 681 g/mol. The molecule has 0 unspecified atom stereocenters. The van der Waals surface area contributed by atoms with Crippen molar-refractivity contribution in [2.75, 3.05) is 0 Å². The second-order valence-corrected chi connectivity index (χ2v) is 14.9. The Morgan fingerprint density at radius 2 is 0.860 bits per heavy atom. The zero-order valence-electron chi connectivity index (χ0n) is 34.2. The Morgan fingerprint density at radius 1 is 0.460 bits per heavy atom. The van der Waals surface area contributed by atoms with Crippen LogP contribution >= 0.6 is 0 Å². The summed E-state index contributed by atoms with van der Waals surface area (Å²) >= 11 is 0. The number of aryl methyl sites for hydroxylation is 4. The van der Waals surface area contributed by atoms with Crippen molar-refractivity contribution in [3.8, 4) is 0 Å².